The summed E-state index contributed by atoms with van der Waals surface area (Å²) in [5, 5.41) is 8.83. The smallest absolute Gasteiger partial charge is 0.261 e. The lowest BCUT2D eigenvalue weighted by molar-refractivity contribution is 0.299. The number of halogens is 1. The van der Waals surface area contributed by atoms with Crippen LogP contribution in [0.3, 0.4) is 0 Å². The van der Waals surface area contributed by atoms with Crippen LogP contribution in [0, 0.1) is 12.7 Å². The van der Waals surface area contributed by atoms with Crippen molar-refractivity contribution in [3.8, 4) is 0 Å². The van der Waals surface area contributed by atoms with Crippen molar-refractivity contribution in [2.24, 2.45) is 0 Å². The van der Waals surface area contributed by atoms with E-state index >= 15 is 0 Å². The number of rotatable bonds is 5. The third kappa shape index (κ3) is 3.80. The Morgan fingerprint density at radius 1 is 1.14 bits per heavy atom. The molecule has 0 aliphatic heterocycles. The Labute approximate surface area is 123 Å². The lowest BCUT2D eigenvalue weighted by atomic mass is 10.2. The van der Waals surface area contributed by atoms with Gasteiger partial charge in [0, 0.05) is 6.61 Å². The van der Waals surface area contributed by atoms with Gasteiger partial charge in [0.15, 0.2) is 0 Å². The highest BCUT2D eigenvalue weighted by atomic mass is 32.2. The Hall–Kier alpha value is -1.92. The monoisotopic (exact) mass is 309 g/mol. The largest absolute Gasteiger partial charge is 0.396 e. The number of hydrogen-bond acceptors (Lipinski definition) is 3. The molecule has 0 radical (unpaired) electrons. The normalized spacial score (nSPS) is 11.4. The molecule has 0 saturated heterocycles. The van der Waals surface area contributed by atoms with E-state index in [1.54, 1.807) is 19.1 Å². The van der Waals surface area contributed by atoms with Crippen molar-refractivity contribution in [2.75, 3.05) is 11.3 Å². The van der Waals surface area contributed by atoms with E-state index in [1.807, 2.05) is 0 Å². The van der Waals surface area contributed by atoms with E-state index < -0.39 is 15.8 Å². The Morgan fingerprint density at radius 3 is 2.43 bits per heavy atom. The van der Waals surface area contributed by atoms with Crippen molar-refractivity contribution >= 4 is 15.7 Å². The third-order valence-electron chi connectivity index (χ3n) is 3.08. The van der Waals surface area contributed by atoms with Gasteiger partial charge in [-0.2, -0.15) is 0 Å². The molecule has 0 fully saturated rings. The molecule has 2 aromatic rings. The van der Waals surface area contributed by atoms with Crippen molar-refractivity contribution < 1.29 is 17.9 Å². The molecule has 0 bridgehead atoms. The van der Waals surface area contributed by atoms with Gasteiger partial charge in [0.05, 0.1) is 10.6 Å². The lowest BCUT2D eigenvalue weighted by Gasteiger charge is -2.11. The van der Waals surface area contributed by atoms with Crippen LogP contribution in [0.5, 0.6) is 0 Å². The van der Waals surface area contributed by atoms with Gasteiger partial charge in [-0.1, -0.05) is 18.2 Å². The molecule has 4 nitrogen and oxygen atoms in total. The maximum Gasteiger partial charge on any atom is 0.261 e. The first-order chi connectivity index (χ1) is 9.92. The summed E-state index contributed by atoms with van der Waals surface area (Å²) in [5.41, 5.74) is 1.70. The Morgan fingerprint density at radius 2 is 1.81 bits per heavy atom. The summed E-state index contributed by atoms with van der Waals surface area (Å²) in [6, 6.07) is 10.1. The number of aliphatic hydroxyl groups is 1. The molecule has 0 unspecified atom stereocenters. The second kappa shape index (κ2) is 6.24. The van der Waals surface area contributed by atoms with E-state index in [0.717, 1.165) is 11.6 Å². The molecule has 0 aliphatic carbocycles. The van der Waals surface area contributed by atoms with Crippen LogP contribution in [0.25, 0.3) is 0 Å². The zero-order valence-electron chi connectivity index (χ0n) is 11.5. The van der Waals surface area contributed by atoms with Crippen LogP contribution in [-0.2, 0) is 16.4 Å². The van der Waals surface area contributed by atoms with Crippen LogP contribution in [0.15, 0.2) is 47.4 Å². The summed E-state index contributed by atoms with van der Waals surface area (Å²) in [6.07, 6.45) is 0.469. The molecule has 21 heavy (non-hydrogen) atoms. The number of hydrogen-bond donors (Lipinski definition) is 2. The number of benzene rings is 2. The molecular weight excluding hydrogens is 293 g/mol. The fourth-order valence-electron chi connectivity index (χ4n) is 1.87. The molecule has 0 spiro atoms. The fourth-order valence-corrected chi connectivity index (χ4v) is 2.99. The quantitative estimate of drug-likeness (QED) is 0.891. The van der Waals surface area contributed by atoms with Gasteiger partial charge in [-0.3, -0.25) is 4.72 Å². The first kappa shape index (κ1) is 15.5. The highest BCUT2D eigenvalue weighted by molar-refractivity contribution is 7.92. The highest BCUT2D eigenvalue weighted by Crippen LogP contribution is 2.21. The van der Waals surface area contributed by atoms with Crippen molar-refractivity contribution in [1.29, 1.82) is 0 Å². The zero-order chi connectivity index (χ0) is 15.5. The van der Waals surface area contributed by atoms with Crippen LogP contribution < -0.4 is 4.72 Å². The minimum absolute atomic E-state index is 0.00678. The highest BCUT2D eigenvalue weighted by Gasteiger charge is 2.15. The van der Waals surface area contributed by atoms with Gasteiger partial charge in [0.2, 0.25) is 0 Å². The second-order valence-electron chi connectivity index (χ2n) is 4.68. The minimum Gasteiger partial charge on any atom is -0.396 e. The summed E-state index contributed by atoms with van der Waals surface area (Å²) >= 11 is 0. The predicted octanol–water partition coefficient (Wildman–Crippen LogP) is 2.47. The van der Waals surface area contributed by atoms with E-state index in [9.17, 15) is 12.8 Å². The number of aryl methyl sites for hydroxylation is 1. The molecule has 0 aliphatic rings. The standard InChI is InChI=1S/C15H16FNO3S/c1-11-2-5-13(16)10-15(11)17-21(19,20)14-6-3-12(4-7-14)8-9-18/h2-7,10,17-18H,8-9H2,1H3. The molecular formula is C15H16FNO3S. The molecule has 2 aromatic carbocycles. The van der Waals surface area contributed by atoms with E-state index in [-0.39, 0.29) is 17.2 Å². The molecule has 2 N–H and O–H groups in total. The molecule has 6 heteroatoms. The summed E-state index contributed by atoms with van der Waals surface area (Å²) < 4.78 is 40.1. The molecule has 0 saturated carbocycles. The first-order valence-electron chi connectivity index (χ1n) is 6.41. The van der Waals surface area contributed by atoms with Crippen molar-refractivity contribution in [3.05, 3.63) is 59.4 Å². The molecule has 0 aromatic heterocycles. The summed E-state index contributed by atoms with van der Waals surface area (Å²) in [5.74, 6) is -0.503. The number of nitrogens with one attached hydrogen (secondary N) is 1. The van der Waals surface area contributed by atoms with E-state index in [0.29, 0.717) is 12.0 Å². The molecule has 2 rings (SSSR count). The van der Waals surface area contributed by atoms with E-state index in [1.165, 1.54) is 24.3 Å². The van der Waals surface area contributed by atoms with E-state index in [4.69, 9.17) is 5.11 Å². The van der Waals surface area contributed by atoms with Gasteiger partial charge in [0.25, 0.3) is 10.0 Å². The Kier molecular flexibility index (Phi) is 4.59. The molecule has 0 amide bonds. The van der Waals surface area contributed by atoms with Crippen molar-refractivity contribution in [1.82, 2.24) is 0 Å². The number of anilines is 1. The maximum atomic E-state index is 13.2. The van der Waals surface area contributed by atoms with Crippen molar-refractivity contribution in [3.63, 3.8) is 0 Å². The van der Waals surface area contributed by atoms with Gasteiger partial charge >= 0.3 is 0 Å². The van der Waals surface area contributed by atoms with Crippen LogP contribution in [0.2, 0.25) is 0 Å². The average molecular weight is 309 g/mol. The summed E-state index contributed by atoms with van der Waals surface area (Å²) in [6.45, 7) is 1.70. The predicted molar refractivity (Wildman–Crippen MR) is 79.2 cm³/mol. The lowest BCUT2D eigenvalue weighted by Crippen LogP contribution is -2.14. The maximum absolute atomic E-state index is 13.2. The van der Waals surface area contributed by atoms with Crippen LogP contribution in [0.4, 0.5) is 10.1 Å². The topological polar surface area (TPSA) is 66.4 Å². The number of aliphatic hydroxyl groups excluding tert-OH is 1. The van der Waals surface area contributed by atoms with Crippen LogP contribution in [-0.4, -0.2) is 20.1 Å². The van der Waals surface area contributed by atoms with Crippen LogP contribution in [0.1, 0.15) is 11.1 Å². The zero-order valence-corrected chi connectivity index (χ0v) is 12.3. The summed E-state index contributed by atoms with van der Waals surface area (Å²) in [4.78, 5) is 0.0906. The van der Waals surface area contributed by atoms with E-state index in [2.05, 4.69) is 4.72 Å². The average Bonchev–Trinajstić information content (AvgIpc) is 2.44. The van der Waals surface area contributed by atoms with Gasteiger partial charge in [-0.25, -0.2) is 12.8 Å². The first-order valence-corrected chi connectivity index (χ1v) is 7.89. The van der Waals surface area contributed by atoms with Gasteiger partial charge in [0.1, 0.15) is 5.82 Å². The van der Waals surface area contributed by atoms with Gasteiger partial charge < -0.3 is 5.11 Å². The van der Waals surface area contributed by atoms with Gasteiger partial charge in [-0.15, -0.1) is 0 Å². The van der Waals surface area contributed by atoms with Crippen LogP contribution >= 0.6 is 0 Å². The van der Waals surface area contributed by atoms with Crippen molar-refractivity contribution in [2.45, 2.75) is 18.2 Å². The third-order valence-corrected chi connectivity index (χ3v) is 4.46. The Balaban J connectivity index is 2.27. The Bertz CT molecular complexity index is 727. The molecule has 0 atom stereocenters. The molecule has 0 heterocycles. The number of sulfonamides is 1. The minimum atomic E-state index is -3.76. The SMILES string of the molecule is Cc1ccc(F)cc1NS(=O)(=O)c1ccc(CCO)cc1. The van der Waals surface area contributed by atoms with Gasteiger partial charge in [-0.05, 0) is 48.7 Å². The summed E-state index contributed by atoms with van der Waals surface area (Å²) in [7, 11) is -3.76. The molecule has 112 valence electrons. The second-order valence-corrected chi connectivity index (χ2v) is 6.36. The fraction of sp³-hybridized carbons (Fsp3) is 0.200.